The molecule has 0 atom stereocenters. The molecule has 86 valence electrons. The van der Waals surface area contributed by atoms with Crippen molar-refractivity contribution in [1.82, 2.24) is 0 Å². The van der Waals surface area contributed by atoms with Gasteiger partial charge in [0.1, 0.15) is 0 Å². The lowest BCUT2D eigenvalue weighted by Gasteiger charge is -2.08. The van der Waals surface area contributed by atoms with E-state index in [2.05, 4.69) is 0 Å². The van der Waals surface area contributed by atoms with Crippen molar-refractivity contribution in [3.63, 3.8) is 0 Å². The van der Waals surface area contributed by atoms with Crippen LogP contribution < -0.4 is 0 Å². The average molecular weight is 249 g/mol. The van der Waals surface area contributed by atoms with Crippen molar-refractivity contribution in [3.8, 4) is 22.6 Å². The number of phenolic OH excluding ortho intramolecular Hbond substituents is 2. The first-order valence-electron chi connectivity index (χ1n) is 4.89. The van der Waals surface area contributed by atoms with Gasteiger partial charge in [0.2, 0.25) is 0 Å². The molecular weight excluding hydrogens is 240 g/mol. The lowest BCUT2D eigenvalue weighted by atomic mass is 10.00. The number of carbonyl (C=O) groups excluding carboxylic acids is 1. The second-order valence-electron chi connectivity index (χ2n) is 3.53. The molecule has 0 aromatic heterocycles. The average Bonchev–Trinajstić information content (AvgIpc) is 2.34. The van der Waals surface area contributed by atoms with Crippen LogP contribution in [0.5, 0.6) is 11.5 Å². The third-order valence-corrected chi connectivity index (χ3v) is 2.75. The van der Waals surface area contributed by atoms with Crippen LogP contribution in [0.25, 0.3) is 11.1 Å². The van der Waals surface area contributed by atoms with Gasteiger partial charge in [0.25, 0.3) is 0 Å². The van der Waals surface area contributed by atoms with Crippen molar-refractivity contribution >= 4 is 17.9 Å². The number of carbonyl (C=O) groups is 1. The Hall–Kier alpha value is -2.00. The van der Waals surface area contributed by atoms with E-state index in [1.54, 1.807) is 24.3 Å². The minimum atomic E-state index is -0.290. The quantitative estimate of drug-likeness (QED) is 0.634. The normalized spacial score (nSPS) is 10.2. The summed E-state index contributed by atoms with van der Waals surface area (Å²) in [6, 6.07) is 9.46. The van der Waals surface area contributed by atoms with Gasteiger partial charge >= 0.3 is 0 Å². The smallest absolute Gasteiger partial charge is 0.158 e. The highest BCUT2D eigenvalue weighted by Gasteiger charge is 2.11. The number of hydrogen-bond acceptors (Lipinski definition) is 3. The van der Waals surface area contributed by atoms with Crippen LogP contribution in [0.1, 0.15) is 10.4 Å². The predicted molar refractivity (Wildman–Crippen MR) is 65.6 cm³/mol. The summed E-state index contributed by atoms with van der Waals surface area (Å²) in [5, 5.41) is 19.0. The van der Waals surface area contributed by atoms with Crippen LogP contribution in [0, 0.1) is 0 Å². The van der Waals surface area contributed by atoms with Crippen molar-refractivity contribution in [3.05, 3.63) is 47.0 Å². The summed E-state index contributed by atoms with van der Waals surface area (Å²) < 4.78 is 0. The van der Waals surface area contributed by atoms with E-state index in [1.165, 1.54) is 12.1 Å². The highest BCUT2D eigenvalue weighted by molar-refractivity contribution is 6.33. The Labute approximate surface area is 103 Å². The van der Waals surface area contributed by atoms with E-state index in [4.69, 9.17) is 11.6 Å². The summed E-state index contributed by atoms with van der Waals surface area (Å²) in [5.41, 5.74) is 1.59. The van der Waals surface area contributed by atoms with Crippen LogP contribution in [0.2, 0.25) is 5.02 Å². The zero-order chi connectivity index (χ0) is 12.4. The third-order valence-electron chi connectivity index (χ3n) is 2.44. The number of aldehydes is 1. The largest absolute Gasteiger partial charge is 0.504 e. The molecule has 0 radical (unpaired) electrons. The molecule has 0 unspecified atom stereocenters. The number of phenols is 2. The summed E-state index contributed by atoms with van der Waals surface area (Å²) in [7, 11) is 0. The lowest BCUT2D eigenvalue weighted by Crippen LogP contribution is -1.88. The van der Waals surface area contributed by atoms with Gasteiger partial charge in [-0.05, 0) is 11.6 Å². The molecule has 0 aliphatic rings. The van der Waals surface area contributed by atoms with Crippen LogP contribution >= 0.6 is 11.6 Å². The van der Waals surface area contributed by atoms with Crippen LogP contribution in [0.15, 0.2) is 36.4 Å². The first-order valence-corrected chi connectivity index (χ1v) is 5.27. The van der Waals surface area contributed by atoms with Gasteiger partial charge in [-0.2, -0.15) is 0 Å². The summed E-state index contributed by atoms with van der Waals surface area (Å²) in [6.45, 7) is 0. The topological polar surface area (TPSA) is 57.5 Å². The van der Waals surface area contributed by atoms with Crippen LogP contribution in [0.4, 0.5) is 0 Å². The molecule has 2 aromatic rings. The number of aromatic hydroxyl groups is 2. The molecule has 0 bridgehead atoms. The molecule has 0 amide bonds. The van der Waals surface area contributed by atoms with Crippen molar-refractivity contribution in [2.45, 2.75) is 0 Å². The van der Waals surface area contributed by atoms with Gasteiger partial charge in [-0.3, -0.25) is 4.79 Å². The van der Waals surface area contributed by atoms with Gasteiger partial charge in [0, 0.05) is 17.2 Å². The lowest BCUT2D eigenvalue weighted by molar-refractivity contribution is 0.112. The predicted octanol–water partition coefficient (Wildman–Crippen LogP) is 3.23. The monoisotopic (exact) mass is 248 g/mol. The van der Waals surface area contributed by atoms with Crippen molar-refractivity contribution in [2.24, 2.45) is 0 Å². The van der Waals surface area contributed by atoms with Gasteiger partial charge in [0.15, 0.2) is 17.8 Å². The fourth-order valence-electron chi connectivity index (χ4n) is 1.60. The Balaban J connectivity index is 2.68. The molecule has 2 N–H and O–H groups in total. The number of halogens is 1. The molecule has 2 rings (SSSR count). The fourth-order valence-corrected chi connectivity index (χ4v) is 1.86. The number of benzene rings is 2. The van der Waals surface area contributed by atoms with Crippen molar-refractivity contribution < 1.29 is 15.0 Å². The highest BCUT2D eigenvalue weighted by atomic mass is 35.5. The maximum absolute atomic E-state index is 10.9. The zero-order valence-corrected chi connectivity index (χ0v) is 9.48. The van der Waals surface area contributed by atoms with Crippen LogP contribution in [0.3, 0.4) is 0 Å². The second-order valence-corrected chi connectivity index (χ2v) is 3.93. The Morgan fingerprint density at radius 2 is 1.65 bits per heavy atom. The van der Waals surface area contributed by atoms with E-state index < -0.39 is 0 Å². The molecule has 0 saturated carbocycles. The van der Waals surface area contributed by atoms with E-state index in [1.807, 2.05) is 0 Å². The van der Waals surface area contributed by atoms with E-state index in [0.29, 0.717) is 16.7 Å². The van der Waals surface area contributed by atoms with Crippen LogP contribution in [-0.4, -0.2) is 16.5 Å². The van der Waals surface area contributed by atoms with Crippen molar-refractivity contribution in [2.75, 3.05) is 0 Å². The summed E-state index contributed by atoms with van der Waals surface area (Å²) in [4.78, 5) is 10.9. The first kappa shape index (κ1) is 11.5. The molecule has 0 aliphatic heterocycles. The second kappa shape index (κ2) is 4.47. The molecule has 4 heteroatoms. The molecule has 0 aliphatic carbocycles. The van der Waals surface area contributed by atoms with Gasteiger partial charge in [-0.1, -0.05) is 35.9 Å². The van der Waals surface area contributed by atoms with Gasteiger partial charge < -0.3 is 10.2 Å². The molecule has 0 spiro atoms. The maximum atomic E-state index is 10.9. The standard InChI is InChI=1S/C13H9ClO3/c14-11-6-13(17)12(16)5-10(11)9-4-2-1-3-8(9)7-15/h1-7,16-17H. The van der Waals surface area contributed by atoms with E-state index >= 15 is 0 Å². The Kier molecular flexibility index (Phi) is 3.02. The highest BCUT2D eigenvalue weighted by Crippen LogP contribution is 2.37. The molecule has 17 heavy (non-hydrogen) atoms. The fraction of sp³-hybridized carbons (Fsp3) is 0. The Morgan fingerprint density at radius 3 is 2.35 bits per heavy atom. The molecule has 3 nitrogen and oxygen atoms in total. The SMILES string of the molecule is O=Cc1ccccc1-c1cc(O)c(O)cc1Cl. The zero-order valence-electron chi connectivity index (χ0n) is 8.72. The van der Waals surface area contributed by atoms with Gasteiger partial charge in [-0.15, -0.1) is 0 Å². The Morgan fingerprint density at radius 1 is 1.00 bits per heavy atom. The minimum absolute atomic E-state index is 0.273. The molecule has 0 fully saturated rings. The Bertz CT molecular complexity index is 579. The molecule has 0 heterocycles. The summed E-state index contributed by atoms with van der Waals surface area (Å²) in [6.07, 6.45) is 0.718. The van der Waals surface area contributed by atoms with Crippen LogP contribution in [-0.2, 0) is 0 Å². The van der Waals surface area contributed by atoms with Crippen molar-refractivity contribution in [1.29, 1.82) is 0 Å². The molecule has 2 aromatic carbocycles. The number of hydrogen-bond donors (Lipinski definition) is 2. The molecular formula is C13H9ClO3. The summed E-state index contributed by atoms with van der Waals surface area (Å²) >= 11 is 5.98. The van der Waals surface area contributed by atoms with E-state index in [9.17, 15) is 15.0 Å². The van der Waals surface area contributed by atoms with Gasteiger partial charge in [0.05, 0.1) is 5.02 Å². The first-order chi connectivity index (χ1) is 8.13. The van der Waals surface area contributed by atoms with E-state index in [-0.39, 0.29) is 16.5 Å². The third kappa shape index (κ3) is 2.10. The number of rotatable bonds is 2. The van der Waals surface area contributed by atoms with Gasteiger partial charge in [-0.25, -0.2) is 0 Å². The summed E-state index contributed by atoms with van der Waals surface area (Å²) in [5.74, 6) is -0.563. The minimum Gasteiger partial charge on any atom is -0.504 e. The maximum Gasteiger partial charge on any atom is 0.158 e. The van der Waals surface area contributed by atoms with E-state index in [0.717, 1.165) is 6.29 Å². The molecule has 0 saturated heterocycles.